The molecule has 0 spiro atoms. The van der Waals surface area contributed by atoms with Crippen molar-refractivity contribution in [2.45, 2.75) is 39.8 Å². The van der Waals surface area contributed by atoms with Crippen LogP contribution in [0.2, 0.25) is 0 Å². The minimum atomic E-state index is 0.607. The fraction of sp³-hybridized carbons (Fsp3) is 0.435. The Morgan fingerprint density at radius 2 is 2.03 bits per heavy atom. The molecule has 0 unspecified atom stereocenters. The predicted octanol–water partition coefficient (Wildman–Crippen LogP) is 4.39. The number of pyridine rings is 1. The molecular formula is C23H29N5O. The van der Waals surface area contributed by atoms with Crippen LogP contribution in [0, 0.1) is 5.92 Å². The van der Waals surface area contributed by atoms with Gasteiger partial charge in [-0.25, -0.2) is 4.98 Å². The van der Waals surface area contributed by atoms with Crippen molar-refractivity contribution in [3.05, 3.63) is 60.1 Å². The molecule has 1 aromatic carbocycles. The largest absolute Gasteiger partial charge is 0.353 e. The molecular weight excluding hydrogens is 362 g/mol. The molecule has 0 amide bonds. The Labute approximate surface area is 172 Å². The molecule has 1 aliphatic rings. The standard InChI is InChI=1S/C23H29N5O/c1-3-28(16-19-9-5-4-6-10-19)21-12-11-20(14-24-21)23-25-22(29-26-23)17-27-13-7-8-18(2)15-27/h4-6,9-12,14,18H,3,7-8,13,15-17H2,1-2H3/t18-/m1/s1. The number of benzene rings is 1. The Kier molecular flexibility index (Phi) is 6.20. The van der Waals surface area contributed by atoms with Crippen LogP contribution >= 0.6 is 0 Å². The van der Waals surface area contributed by atoms with Crippen LogP contribution in [0.4, 0.5) is 5.82 Å². The van der Waals surface area contributed by atoms with Crippen LogP contribution in [0.3, 0.4) is 0 Å². The van der Waals surface area contributed by atoms with E-state index in [1.54, 1.807) is 0 Å². The highest BCUT2D eigenvalue weighted by molar-refractivity contribution is 5.56. The van der Waals surface area contributed by atoms with Gasteiger partial charge in [0.05, 0.1) is 6.54 Å². The van der Waals surface area contributed by atoms with Crippen molar-refractivity contribution in [3.8, 4) is 11.4 Å². The monoisotopic (exact) mass is 391 g/mol. The molecule has 0 N–H and O–H groups in total. The molecule has 0 bridgehead atoms. The fourth-order valence-electron chi connectivity index (χ4n) is 3.92. The zero-order chi connectivity index (χ0) is 20.1. The SMILES string of the molecule is CCN(Cc1ccccc1)c1ccc(-c2noc(CN3CCC[C@@H](C)C3)n2)cn1. The Morgan fingerprint density at radius 1 is 1.17 bits per heavy atom. The third-order valence-electron chi connectivity index (χ3n) is 5.50. The van der Waals surface area contributed by atoms with Crippen LogP contribution in [-0.4, -0.2) is 39.7 Å². The highest BCUT2D eigenvalue weighted by Crippen LogP contribution is 2.21. The summed E-state index contributed by atoms with van der Waals surface area (Å²) in [6.07, 6.45) is 4.38. The molecule has 6 heteroatoms. The summed E-state index contributed by atoms with van der Waals surface area (Å²) < 4.78 is 5.49. The molecule has 4 rings (SSSR count). The summed E-state index contributed by atoms with van der Waals surface area (Å²) in [5, 5.41) is 4.17. The number of likely N-dealkylation sites (tertiary alicyclic amines) is 1. The van der Waals surface area contributed by atoms with Gasteiger partial charge >= 0.3 is 0 Å². The van der Waals surface area contributed by atoms with Crippen LogP contribution in [-0.2, 0) is 13.1 Å². The second kappa shape index (κ2) is 9.18. The Balaban J connectivity index is 1.41. The van der Waals surface area contributed by atoms with Crippen molar-refractivity contribution in [2.75, 3.05) is 24.5 Å². The summed E-state index contributed by atoms with van der Waals surface area (Å²) in [5.74, 6) is 2.97. The van der Waals surface area contributed by atoms with Crippen LogP contribution in [0.25, 0.3) is 11.4 Å². The molecule has 0 radical (unpaired) electrons. The molecule has 1 fully saturated rings. The lowest BCUT2D eigenvalue weighted by atomic mass is 10.0. The van der Waals surface area contributed by atoms with Gasteiger partial charge in [-0.2, -0.15) is 4.98 Å². The topological polar surface area (TPSA) is 58.3 Å². The molecule has 2 aromatic heterocycles. The van der Waals surface area contributed by atoms with E-state index in [4.69, 9.17) is 4.52 Å². The summed E-state index contributed by atoms with van der Waals surface area (Å²) in [6, 6.07) is 14.5. The van der Waals surface area contributed by atoms with Gasteiger partial charge in [-0.15, -0.1) is 0 Å². The first-order valence-electron chi connectivity index (χ1n) is 10.5. The smallest absolute Gasteiger partial charge is 0.241 e. The highest BCUT2D eigenvalue weighted by Gasteiger charge is 2.19. The maximum Gasteiger partial charge on any atom is 0.241 e. The zero-order valence-electron chi connectivity index (χ0n) is 17.3. The Hall–Kier alpha value is -2.73. The molecule has 0 aliphatic carbocycles. The van der Waals surface area contributed by atoms with Gasteiger partial charge in [0.15, 0.2) is 0 Å². The van der Waals surface area contributed by atoms with Crippen molar-refractivity contribution in [3.63, 3.8) is 0 Å². The first-order valence-corrected chi connectivity index (χ1v) is 10.5. The number of aromatic nitrogens is 3. The lowest BCUT2D eigenvalue weighted by molar-refractivity contribution is 0.157. The number of hydrogen-bond donors (Lipinski definition) is 0. The van der Waals surface area contributed by atoms with Crippen LogP contribution < -0.4 is 4.90 Å². The molecule has 3 aromatic rings. The molecule has 6 nitrogen and oxygen atoms in total. The van der Waals surface area contributed by atoms with Crippen molar-refractivity contribution in [1.29, 1.82) is 0 Å². The summed E-state index contributed by atoms with van der Waals surface area (Å²) in [7, 11) is 0. The molecule has 1 aliphatic heterocycles. The van der Waals surface area contributed by atoms with E-state index in [0.29, 0.717) is 11.7 Å². The zero-order valence-corrected chi connectivity index (χ0v) is 17.3. The quantitative estimate of drug-likeness (QED) is 0.595. The summed E-state index contributed by atoms with van der Waals surface area (Å²) in [4.78, 5) is 13.9. The van der Waals surface area contributed by atoms with Crippen molar-refractivity contribution in [1.82, 2.24) is 20.0 Å². The minimum absolute atomic E-state index is 0.607. The summed E-state index contributed by atoms with van der Waals surface area (Å²) >= 11 is 0. The Bertz CT molecular complexity index is 893. The lowest BCUT2D eigenvalue weighted by Gasteiger charge is -2.29. The maximum absolute atomic E-state index is 5.49. The van der Waals surface area contributed by atoms with Gasteiger partial charge in [0.2, 0.25) is 11.7 Å². The summed E-state index contributed by atoms with van der Waals surface area (Å²) in [6.45, 7) is 9.10. The van der Waals surface area contributed by atoms with Crippen molar-refractivity contribution in [2.24, 2.45) is 5.92 Å². The number of piperidine rings is 1. The van der Waals surface area contributed by atoms with E-state index in [9.17, 15) is 0 Å². The van der Waals surface area contributed by atoms with Gasteiger partial charge < -0.3 is 9.42 Å². The van der Waals surface area contributed by atoms with Gasteiger partial charge in [0.1, 0.15) is 5.82 Å². The van der Waals surface area contributed by atoms with E-state index in [1.165, 1.54) is 18.4 Å². The van der Waals surface area contributed by atoms with Gasteiger partial charge in [-0.1, -0.05) is 42.4 Å². The van der Waals surface area contributed by atoms with Gasteiger partial charge in [-0.3, -0.25) is 4.90 Å². The maximum atomic E-state index is 5.49. The number of rotatable bonds is 7. The average molecular weight is 392 g/mol. The molecule has 1 atom stereocenters. The number of hydrogen-bond acceptors (Lipinski definition) is 6. The van der Waals surface area contributed by atoms with E-state index in [2.05, 4.69) is 63.0 Å². The molecule has 152 valence electrons. The normalized spacial score (nSPS) is 17.4. The second-order valence-corrected chi connectivity index (χ2v) is 7.90. The second-order valence-electron chi connectivity index (χ2n) is 7.90. The first kappa shape index (κ1) is 19.6. The number of nitrogens with zero attached hydrogens (tertiary/aromatic N) is 5. The Morgan fingerprint density at radius 3 is 2.76 bits per heavy atom. The van der Waals surface area contributed by atoms with Crippen molar-refractivity contribution < 1.29 is 4.52 Å². The minimum Gasteiger partial charge on any atom is -0.353 e. The predicted molar refractivity (Wildman–Crippen MR) is 114 cm³/mol. The molecule has 3 heterocycles. The third-order valence-corrected chi connectivity index (χ3v) is 5.50. The van der Waals surface area contributed by atoms with Crippen molar-refractivity contribution >= 4 is 5.82 Å². The molecule has 29 heavy (non-hydrogen) atoms. The van der Waals surface area contributed by atoms with E-state index in [1.807, 2.05) is 24.4 Å². The third kappa shape index (κ3) is 5.01. The van der Waals surface area contributed by atoms with Crippen LogP contribution in [0.1, 0.15) is 38.1 Å². The van der Waals surface area contributed by atoms with Gasteiger partial charge in [0.25, 0.3) is 0 Å². The van der Waals surface area contributed by atoms with E-state index in [0.717, 1.165) is 50.0 Å². The average Bonchev–Trinajstić information content (AvgIpc) is 3.21. The van der Waals surface area contributed by atoms with Gasteiger partial charge in [-0.05, 0) is 49.9 Å². The van der Waals surface area contributed by atoms with E-state index >= 15 is 0 Å². The number of anilines is 1. The highest BCUT2D eigenvalue weighted by atomic mass is 16.5. The fourth-order valence-corrected chi connectivity index (χ4v) is 3.92. The van der Waals surface area contributed by atoms with E-state index < -0.39 is 0 Å². The summed E-state index contributed by atoms with van der Waals surface area (Å²) in [5.41, 5.74) is 2.15. The first-order chi connectivity index (χ1) is 14.2. The van der Waals surface area contributed by atoms with Crippen LogP contribution in [0.15, 0.2) is 53.2 Å². The van der Waals surface area contributed by atoms with E-state index in [-0.39, 0.29) is 0 Å². The lowest BCUT2D eigenvalue weighted by Crippen LogP contribution is -2.33. The van der Waals surface area contributed by atoms with Gasteiger partial charge in [0, 0.05) is 31.4 Å². The molecule has 0 saturated carbocycles. The van der Waals surface area contributed by atoms with Crippen LogP contribution in [0.5, 0.6) is 0 Å². The molecule has 1 saturated heterocycles.